The van der Waals surface area contributed by atoms with Crippen LogP contribution in [0.5, 0.6) is 5.75 Å². The molecule has 0 bridgehead atoms. The van der Waals surface area contributed by atoms with Crippen LogP contribution in [0.15, 0.2) is 24.3 Å². The zero-order chi connectivity index (χ0) is 13.7. The third kappa shape index (κ3) is 3.68. The third-order valence-electron chi connectivity index (χ3n) is 3.06. The Morgan fingerprint density at radius 1 is 1.47 bits per heavy atom. The molecule has 0 aromatic heterocycles. The van der Waals surface area contributed by atoms with Gasteiger partial charge in [-0.3, -0.25) is 4.79 Å². The Hall–Kier alpha value is -1.59. The van der Waals surface area contributed by atoms with Crippen LogP contribution in [-0.2, 0) is 16.1 Å². The number of hydrogen-bond donors (Lipinski definition) is 1. The van der Waals surface area contributed by atoms with Gasteiger partial charge in [0.05, 0.1) is 19.8 Å². The van der Waals surface area contributed by atoms with Crippen LogP contribution in [0.25, 0.3) is 0 Å². The van der Waals surface area contributed by atoms with Crippen molar-refractivity contribution in [3.63, 3.8) is 0 Å². The Morgan fingerprint density at radius 2 is 2.21 bits per heavy atom. The Kier molecular flexibility index (Phi) is 4.76. The molecule has 5 nitrogen and oxygen atoms in total. The monoisotopic (exact) mass is 265 g/mol. The first-order valence-electron chi connectivity index (χ1n) is 6.43. The molecule has 1 fully saturated rings. The zero-order valence-corrected chi connectivity index (χ0v) is 11.0. The minimum absolute atomic E-state index is 0.0299. The molecule has 0 saturated carbocycles. The summed E-state index contributed by atoms with van der Waals surface area (Å²) in [6, 6.07) is 7.12. The fourth-order valence-electron chi connectivity index (χ4n) is 2.01. The smallest absolute Gasteiger partial charge is 0.263 e. The van der Waals surface area contributed by atoms with Crippen molar-refractivity contribution in [2.45, 2.75) is 19.6 Å². The Bertz CT molecular complexity index is 429. The molecule has 1 atom stereocenters. The van der Waals surface area contributed by atoms with E-state index in [0.29, 0.717) is 32.1 Å². The van der Waals surface area contributed by atoms with Crippen molar-refractivity contribution in [1.29, 1.82) is 0 Å². The zero-order valence-electron chi connectivity index (χ0n) is 11.0. The topological polar surface area (TPSA) is 59.0 Å². The highest BCUT2D eigenvalue weighted by molar-refractivity contribution is 5.81. The summed E-state index contributed by atoms with van der Waals surface area (Å²) in [6.07, 6.45) is -0.535. The lowest BCUT2D eigenvalue weighted by molar-refractivity contribution is -0.142. The molecule has 104 valence electrons. The second-order valence-electron chi connectivity index (χ2n) is 4.50. The Labute approximate surface area is 112 Å². The lowest BCUT2D eigenvalue weighted by Crippen LogP contribution is -2.46. The predicted octanol–water partition coefficient (Wildman–Crippen LogP) is 0.805. The second kappa shape index (κ2) is 6.54. The van der Waals surface area contributed by atoms with Gasteiger partial charge in [0, 0.05) is 13.1 Å². The number of aliphatic hydroxyl groups is 1. The van der Waals surface area contributed by atoms with Gasteiger partial charge in [-0.05, 0) is 24.6 Å². The number of hydrogen-bond acceptors (Lipinski definition) is 4. The van der Waals surface area contributed by atoms with Crippen LogP contribution in [0.3, 0.4) is 0 Å². The van der Waals surface area contributed by atoms with Crippen molar-refractivity contribution in [2.75, 3.05) is 26.3 Å². The first-order chi connectivity index (χ1) is 9.20. The maximum atomic E-state index is 12.2. The quantitative estimate of drug-likeness (QED) is 0.875. The highest BCUT2D eigenvalue weighted by Crippen LogP contribution is 2.16. The molecule has 5 heteroatoms. The molecule has 1 amide bonds. The number of amides is 1. The Morgan fingerprint density at radius 3 is 2.89 bits per heavy atom. The van der Waals surface area contributed by atoms with E-state index >= 15 is 0 Å². The molecule has 1 aliphatic rings. The molecule has 2 rings (SSSR count). The molecular formula is C14H19NO4. The minimum Gasteiger partial charge on any atom is -0.481 e. The number of ether oxygens (including phenoxy) is 2. The van der Waals surface area contributed by atoms with Gasteiger partial charge in [0.1, 0.15) is 5.75 Å². The first-order valence-corrected chi connectivity index (χ1v) is 6.43. The number of nitrogens with zero attached hydrogens (tertiary/aromatic N) is 1. The second-order valence-corrected chi connectivity index (χ2v) is 4.50. The van der Waals surface area contributed by atoms with Gasteiger partial charge in [0.2, 0.25) is 0 Å². The maximum absolute atomic E-state index is 12.2. The van der Waals surface area contributed by atoms with E-state index in [1.165, 1.54) is 0 Å². The molecule has 0 radical (unpaired) electrons. The summed E-state index contributed by atoms with van der Waals surface area (Å²) in [5.41, 5.74) is 0.767. The number of carbonyl (C=O) groups excluding carboxylic acids is 1. The van der Waals surface area contributed by atoms with E-state index in [1.54, 1.807) is 36.1 Å². The van der Waals surface area contributed by atoms with Gasteiger partial charge in [-0.25, -0.2) is 0 Å². The molecule has 1 saturated heterocycles. The summed E-state index contributed by atoms with van der Waals surface area (Å²) in [6.45, 7) is 4.09. The van der Waals surface area contributed by atoms with E-state index in [4.69, 9.17) is 14.6 Å². The summed E-state index contributed by atoms with van der Waals surface area (Å²) in [7, 11) is 0. The van der Waals surface area contributed by atoms with E-state index in [9.17, 15) is 4.79 Å². The van der Waals surface area contributed by atoms with Gasteiger partial charge < -0.3 is 19.5 Å². The molecule has 0 aliphatic carbocycles. The lowest BCUT2D eigenvalue weighted by atomic mass is 10.2. The van der Waals surface area contributed by atoms with Crippen molar-refractivity contribution in [1.82, 2.24) is 4.90 Å². The molecule has 19 heavy (non-hydrogen) atoms. The molecule has 1 N–H and O–H groups in total. The average Bonchev–Trinajstić information content (AvgIpc) is 2.47. The fourth-order valence-corrected chi connectivity index (χ4v) is 2.01. The van der Waals surface area contributed by atoms with Crippen molar-refractivity contribution >= 4 is 5.91 Å². The number of aliphatic hydroxyl groups excluding tert-OH is 1. The maximum Gasteiger partial charge on any atom is 0.263 e. The standard InChI is InChI=1S/C14H19NO4/c1-11(14(17)15-5-7-18-8-6-15)19-13-4-2-3-12(9-13)10-16/h2-4,9,11,16H,5-8,10H2,1H3. The normalized spacial score (nSPS) is 17.1. The molecule has 0 spiro atoms. The first kappa shape index (κ1) is 13.8. The summed E-state index contributed by atoms with van der Waals surface area (Å²) >= 11 is 0. The lowest BCUT2D eigenvalue weighted by Gasteiger charge is -2.29. The SMILES string of the molecule is CC(Oc1cccc(CO)c1)C(=O)N1CCOCC1. The van der Waals surface area contributed by atoms with Crippen LogP contribution < -0.4 is 4.74 Å². The van der Waals surface area contributed by atoms with Crippen LogP contribution >= 0.6 is 0 Å². The largest absolute Gasteiger partial charge is 0.481 e. The summed E-state index contributed by atoms with van der Waals surface area (Å²) in [4.78, 5) is 13.9. The minimum atomic E-state index is -0.535. The van der Waals surface area contributed by atoms with Gasteiger partial charge in [-0.15, -0.1) is 0 Å². The molecule has 1 heterocycles. The third-order valence-corrected chi connectivity index (χ3v) is 3.06. The molecule has 1 aliphatic heterocycles. The van der Waals surface area contributed by atoms with Crippen LogP contribution in [0, 0.1) is 0 Å². The van der Waals surface area contributed by atoms with Gasteiger partial charge in [0.25, 0.3) is 5.91 Å². The van der Waals surface area contributed by atoms with Crippen molar-refractivity contribution < 1.29 is 19.4 Å². The van der Waals surface area contributed by atoms with E-state index in [2.05, 4.69) is 0 Å². The van der Waals surface area contributed by atoms with Crippen molar-refractivity contribution in [3.8, 4) is 5.75 Å². The van der Waals surface area contributed by atoms with Crippen LogP contribution in [-0.4, -0.2) is 48.3 Å². The average molecular weight is 265 g/mol. The fraction of sp³-hybridized carbons (Fsp3) is 0.500. The molecule has 1 aromatic rings. The number of benzene rings is 1. The van der Waals surface area contributed by atoms with E-state index in [0.717, 1.165) is 5.56 Å². The number of rotatable bonds is 4. The highest BCUT2D eigenvalue weighted by atomic mass is 16.5. The number of carbonyl (C=O) groups is 1. The van der Waals surface area contributed by atoms with E-state index in [1.807, 2.05) is 0 Å². The van der Waals surface area contributed by atoms with Gasteiger partial charge in [-0.2, -0.15) is 0 Å². The van der Waals surface area contributed by atoms with Crippen LogP contribution in [0.2, 0.25) is 0 Å². The molecular weight excluding hydrogens is 246 g/mol. The predicted molar refractivity (Wildman–Crippen MR) is 69.9 cm³/mol. The van der Waals surface area contributed by atoms with E-state index in [-0.39, 0.29) is 12.5 Å². The highest BCUT2D eigenvalue weighted by Gasteiger charge is 2.23. The van der Waals surface area contributed by atoms with Crippen molar-refractivity contribution in [3.05, 3.63) is 29.8 Å². The van der Waals surface area contributed by atoms with E-state index < -0.39 is 6.10 Å². The van der Waals surface area contributed by atoms with Crippen molar-refractivity contribution in [2.24, 2.45) is 0 Å². The van der Waals surface area contributed by atoms with Gasteiger partial charge in [0.15, 0.2) is 6.10 Å². The summed E-state index contributed by atoms with van der Waals surface area (Å²) in [5, 5.41) is 9.06. The van der Waals surface area contributed by atoms with Gasteiger partial charge >= 0.3 is 0 Å². The summed E-state index contributed by atoms with van der Waals surface area (Å²) in [5.74, 6) is 0.568. The Balaban J connectivity index is 1.95. The molecule has 1 unspecified atom stereocenters. The number of morpholine rings is 1. The molecule has 1 aromatic carbocycles. The summed E-state index contributed by atoms with van der Waals surface area (Å²) < 4.78 is 10.8. The van der Waals surface area contributed by atoms with Gasteiger partial charge in [-0.1, -0.05) is 12.1 Å². The van der Waals surface area contributed by atoms with Crippen LogP contribution in [0.1, 0.15) is 12.5 Å². The van der Waals surface area contributed by atoms with Crippen LogP contribution in [0.4, 0.5) is 0 Å².